The van der Waals surface area contributed by atoms with Crippen LogP contribution in [-0.4, -0.2) is 40.4 Å². The topological polar surface area (TPSA) is 81.3 Å². The molecule has 0 radical (unpaired) electrons. The van der Waals surface area contributed by atoms with E-state index in [1.807, 2.05) is 24.3 Å². The smallest absolute Gasteiger partial charge is 0.320 e. The highest BCUT2D eigenvalue weighted by Crippen LogP contribution is 2.26. The third-order valence-electron chi connectivity index (χ3n) is 2.83. The van der Waals surface area contributed by atoms with Gasteiger partial charge in [-0.25, -0.2) is 4.98 Å². The number of carbonyl (C=O) groups excluding carboxylic acids is 2. The zero-order valence-electron chi connectivity index (χ0n) is 12.5. The fraction of sp³-hybridized carbons (Fsp3) is 0.400. The molecule has 0 spiro atoms. The molecule has 0 amide bonds. The lowest BCUT2D eigenvalue weighted by molar-refractivity contribution is -0.149. The number of thioether (sulfide) groups is 1. The predicted molar refractivity (Wildman–Crippen MR) is 83.6 cm³/mol. The first kappa shape index (κ1) is 16.4. The molecule has 118 valence electrons. The summed E-state index contributed by atoms with van der Waals surface area (Å²) in [4.78, 5) is 31.2. The number of hydrogen-bond acceptors (Lipinski definition) is 6. The van der Waals surface area contributed by atoms with E-state index in [4.69, 9.17) is 9.47 Å². The molecule has 1 aromatic carbocycles. The number of ether oxygens (including phenoxy) is 2. The highest BCUT2D eigenvalue weighted by molar-refractivity contribution is 8.00. The van der Waals surface area contributed by atoms with Crippen molar-refractivity contribution in [3.05, 3.63) is 24.3 Å². The van der Waals surface area contributed by atoms with Crippen molar-refractivity contribution >= 4 is 34.7 Å². The van der Waals surface area contributed by atoms with E-state index >= 15 is 0 Å². The largest absolute Gasteiger partial charge is 0.466 e. The fourth-order valence-corrected chi connectivity index (χ4v) is 2.87. The molecule has 0 bridgehead atoms. The maximum atomic E-state index is 12.0. The third kappa shape index (κ3) is 4.24. The van der Waals surface area contributed by atoms with Crippen LogP contribution in [0.1, 0.15) is 20.3 Å². The minimum absolute atomic E-state index is 0.0472. The van der Waals surface area contributed by atoms with Crippen LogP contribution < -0.4 is 0 Å². The highest BCUT2D eigenvalue weighted by atomic mass is 32.2. The summed E-state index contributed by atoms with van der Waals surface area (Å²) in [6.45, 7) is 4.00. The summed E-state index contributed by atoms with van der Waals surface area (Å²) in [6.07, 6.45) is -0.0472. The molecule has 1 atom stereocenters. The number of aromatic nitrogens is 2. The van der Waals surface area contributed by atoms with Crippen molar-refractivity contribution in [2.75, 3.05) is 13.2 Å². The van der Waals surface area contributed by atoms with Crippen molar-refractivity contribution in [2.24, 2.45) is 0 Å². The second kappa shape index (κ2) is 7.84. The number of nitrogens with one attached hydrogen (secondary N) is 1. The standard InChI is InChI=1S/C15H18N2O4S/c1-3-20-13(18)9-12(14(19)21-4-2)22-15-16-10-7-5-6-8-11(10)17-15/h5-8,12H,3-4,9H2,1-2H3,(H,16,17). The number of fused-ring (bicyclic) bond motifs is 1. The quantitative estimate of drug-likeness (QED) is 0.623. The SMILES string of the molecule is CCOC(=O)CC(Sc1nc2ccccc2[nH]1)C(=O)OCC. The van der Waals surface area contributed by atoms with Gasteiger partial charge in [0.05, 0.1) is 30.7 Å². The van der Waals surface area contributed by atoms with Crippen LogP contribution in [0, 0.1) is 0 Å². The summed E-state index contributed by atoms with van der Waals surface area (Å²) >= 11 is 1.17. The van der Waals surface area contributed by atoms with Gasteiger partial charge in [-0.2, -0.15) is 0 Å². The molecule has 0 saturated heterocycles. The van der Waals surface area contributed by atoms with E-state index in [1.54, 1.807) is 13.8 Å². The fourth-order valence-electron chi connectivity index (χ4n) is 1.90. The highest BCUT2D eigenvalue weighted by Gasteiger charge is 2.26. The summed E-state index contributed by atoms with van der Waals surface area (Å²) < 4.78 is 9.93. The van der Waals surface area contributed by atoms with Crippen molar-refractivity contribution < 1.29 is 19.1 Å². The van der Waals surface area contributed by atoms with Crippen LogP contribution >= 0.6 is 11.8 Å². The number of para-hydroxylation sites is 2. The van der Waals surface area contributed by atoms with Gasteiger partial charge in [0, 0.05) is 0 Å². The summed E-state index contributed by atoms with van der Waals surface area (Å²) in [5.41, 5.74) is 1.69. The van der Waals surface area contributed by atoms with Crippen LogP contribution in [0.5, 0.6) is 0 Å². The van der Waals surface area contributed by atoms with E-state index in [9.17, 15) is 9.59 Å². The monoisotopic (exact) mass is 322 g/mol. The molecule has 2 aromatic rings. The van der Waals surface area contributed by atoms with Crippen LogP contribution in [0.2, 0.25) is 0 Å². The van der Waals surface area contributed by atoms with Gasteiger partial charge in [0.25, 0.3) is 0 Å². The number of benzene rings is 1. The van der Waals surface area contributed by atoms with Gasteiger partial charge in [0.2, 0.25) is 0 Å². The second-order valence-electron chi connectivity index (χ2n) is 4.43. The summed E-state index contributed by atoms with van der Waals surface area (Å²) in [7, 11) is 0. The molecule has 1 aromatic heterocycles. The molecule has 0 aliphatic heterocycles. The van der Waals surface area contributed by atoms with Gasteiger partial charge < -0.3 is 14.5 Å². The summed E-state index contributed by atoms with van der Waals surface area (Å²) in [5, 5.41) is -0.108. The first-order chi connectivity index (χ1) is 10.6. The van der Waals surface area contributed by atoms with E-state index < -0.39 is 17.2 Å². The van der Waals surface area contributed by atoms with Gasteiger partial charge in [-0.05, 0) is 26.0 Å². The van der Waals surface area contributed by atoms with Crippen molar-refractivity contribution in [3.63, 3.8) is 0 Å². The van der Waals surface area contributed by atoms with Crippen LogP contribution in [-0.2, 0) is 19.1 Å². The molecule has 0 fully saturated rings. The Bertz CT molecular complexity index is 623. The normalized spacial score (nSPS) is 12.1. The van der Waals surface area contributed by atoms with Crippen molar-refractivity contribution in [1.82, 2.24) is 9.97 Å². The maximum Gasteiger partial charge on any atom is 0.320 e. The van der Waals surface area contributed by atoms with E-state index in [0.29, 0.717) is 5.16 Å². The Morgan fingerprint density at radius 3 is 2.64 bits per heavy atom. The third-order valence-corrected chi connectivity index (χ3v) is 3.89. The molecule has 1 N–H and O–H groups in total. The average Bonchev–Trinajstić information content (AvgIpc) is 2.89. The van der Waals surface area contributed by atoms with Crippen LogP contribution in [0.4, 0.5) is 0 Å². The molecule has 22 heavy (non-hydrogen) atoms. The Morgan fingerprint density at radius 2 is 1.95 bits per heavy atom. The Kier molecular flexibility index (Phi) is 5.83. The first-order valence-electron chi connectivity index (χ1n) is 7.07. The molecular formula is C15H18N2O4S. The van der Waals surface area contributed by atoms with Gasteiger partial charge in [-0.15, -0.1) is 0 Å². The number of nitrogens with zero attached hydrogens (tertiary/aromatic N) is 1. The average molecular weight is 322 g/mol. The minimum Gasteiger partial charge on any atom is -0.466 e. The van der Waals surface area contributed by atoms with E-state index in [-0.39, 0.29) is 19.6 Å². The molecule has 0 aliphatic rings. The van der Waals surface area contributed by atoms with Gasteiger partial charge >= 0.3 is 11.9 Å². The van der Waals surface area contributed by atoms with E-state index in [0.717, 1.165) is 11.0 Å². The number of aromatic amines is 1. The van der Waals surface area contributed by atoms with Crippen molar-refractivity contribution in [1.29, 1.82) is 0 Å². The lowest BCUT2D eigenvalue weighted by atomic mass is 10.3. The van der Waals surface area contributed by atoms with Crippen LogP contribution in [0.15, 0.2) is 29.4 Å². The lowest BCUT2D eigenvalue weighted by Crippen LogP contribution is -2.24. The molecule has 0 aliphatic carbocycles. The van der Waals surface area contributed by atoms with E-state index in [2.05, 4.69) is 9.97 Å². The Hall–Kier alpha value is -2.02. The van der Waals surface area contributed by atoms with E-state index in [1.165, 1.54) is 11.8 Å². The zero-order chi connectivity index (χ0) is 15.9. The van der Waals surface area contributed by atoms with Gasteiger partial charge in [0.1, 0.15) is 5.25 Å². The number of hydrogen-bond donors (Lipinski definition) is 1. The van der Waals surface area contributed by atoms with Crippen LogP contribution in [0.25, 0.3) is 11.0 Å². The molecule has 1 heterocycles. The number of imidazole rings is 1. The summed E-state index contributed by atoms with van der Waals surface area (Å²) in [6, 6.07) is 7.56. The Balaban J connectivity index is 2.13. The molecule has 0 saturated carbocycles. The molecule has 1 unspecified atom stereocenters. The van der Waals surface area contributed by atoms with Gasteiger partial charge in [-0.3, -0.25) is 9.59 Å². The van der Waals surface area contributed by atoms with Gasteiger partial charge in [0.15, 0.2) is 5.16 Å². The molecule has 2 rings (SSSR count). The number of rotatable bonds is 7. The predicted octanol–water partition coefficient (Wildman–Crippen LogP) is 2.54. The molecule has 7 heteroatoms. The molecule has 6 nitrogen and oxygen atoms in total. The van der Waals surface area contributed by atoms with Crippen LogP contribution in [0.3, 0.4) is 0 Å². The van der Waals surface area contributed by atoms with Crippen molar-refractivity contribution in [3.8, 4) is 0 Å². The Morgan fingerprint density at radius 1 is 1.23 bits per heavy atom. The van der Waals surface area contributed by atoms with Crippen molar-refractivity contribution in [2.45, 2.75) is 30.7 Å². The number of esters is 2. The zero-order valence-corrected chi connectivity index (χ0v) is 13.3. The minimum atomic E-state index is -0.681. The summed E-state index contributed by atoms with van der Waals surface area (Å²) in [5.74, 6) is -0.870. The first-order valence-corrected chi connectivity index (χ1v) is 7.95. The lowest BCUT2D eigenvalue weighted by Gasteiger charge is -2.12. The Labute approximate surface area is 132 Å². The second-order valence-corrected chi connectivity index (χ2v) is 5.62. The van der Waals surface area contributed by atoms with Gasteiger partial charge in [-0.1, -0.05) is 23.9 Å². The number of H-pyrrole nitrogens is 1. The number of carbonyl (C=O) groups is 2. The maximum absolute atomic E-state index is 12.0. The molecular weight excluding hydrogens is 304 g/mol.